The molecule has 0 aliphatic rings. The fourth-order valence-corrected chi connectivity index (χ4v) is 3.27. The van der Waals surface area contributed by atoms with Gasteiger partial charge in [0, 0.05) is 12.1 Å². The molecule has 8 heteroatoms. The van der Waals surface area contributed by atoms with Gasteiger partial charge in [0.1, 0.15) is 11.6 Å². The van der Waals surface area contributed by atoms with Gasteiger partial charge in [-0.1, -0.05) is 28.6 Å². The molecule has 0 radical (unpaired) electrons. The summed E-state index contributed by atoms with van der Waals surface area (Å²) < 4.78 is 7.63. The van der Waals surface area contributed by atoms with E-state index in [2.05, 4.69) is 20.6 Å². The summed E-state index contributed by atoms with van der Waals surface area (Å²) >= 11 is 1.51. The molecule has 24 heavy (non-hydrogen) atoms. The number of hydrogen-bond donors (Lipinski definition) is 1. The van der Waals surface area contributed by atoms with E-state index in [1.807, 2.05) is 31.2 Å². The zero-order valence-electron chi connectivity index (χ0n) is 13.0. The molecule has 0 spiro atoms. The lowest BCUT2D eigenvalue weighted by atomic mass is 10.3. The van der Waals surface area contributed by atoms with E-state index in [-0.39, 0.29) is 11.6 Å². The zero-order valence-corrected chi connectivity index (χ0v) is 13.8. The fraction of sp³-hybridized carbons (Fsp3) is 0.125. The molecule has 0 atom stereocenters. The standard InChI is InChI=1S/C16H13N5O2S/c1-9-7-14(18-15(22)12-8-10(2)23-20-12)21(19-9)16-17-11-5-3-4-6-13(11)24-16/h3-8H,1-2H3,(H,18,22). The molecular weight excluding hydrogens is 326 g/mol. The Morgan fingerprint density at radius 2 is 2.08 bits per heavy atom. The Balaban J connectivity index is 1.71. The number of nitrogens with one attached hydrogen (secondary N) is 1. The van der Waals surface area contributed by atoms with Crippen molar-refractivity contribution in [3.05, 3.63) is 53.5 Å². The monoisotopic (exact) mass is 339 g/mol. The Morgan fingerprint density at radius 3 is 2.83 bits per heavy atom. The predicted octanol–water partition coefficient (Wildman–Crippen LogP) is 3.34. The van der Waals surface area contributed by atoms with Crippen LogP contribution in [-0.2, 0) is 0 Å². The van der Waals surface area contributed by atoms with Crippen LogP contribution in [-0.4, -0.2) is 25.8 Å². The first kappa shape index (κ1) is 14.6. The number of anilines is 1. The van der Waals surface area contributed by atoms with Crippen LogP contribution < -0.4 is 5.32 Å². The van der Waals surface area contributed by atoms with Crippen LogP contribution in [0.15, 0.2) is 40.9 Å². The molecule has 4 aromatic rings. The third-order valence-corrected chi connectivity index (χ3v) is 4.41. The molecule has 1 N–H and O–H groups in total. The summed E-state index contributed by atoms with van der Waals surface area (Å²) in [5.74, 6) is 0.766. The number of para-hydroxylation sites is 1. The van der Waals surface area contributed by atoms with E-state index in [0.717, 1.165) is 15.9 Å². The number of hydrogen-bond acceptors (Lipinski definition) is 6. The Morgan fingerprint density at radius 1 is 1.25 bits per heavy atom. The van der Waals surface area contributed by atoms with Gasteiger partial charge in [0.05, 0.1) is 15.9 Å². The molecule has 4 rings (SSSR count). The van der Waals surface area contributed by atoms with Crippen molar-refractivity contribution >= 4 is 33.3 Å². The lowest BCUT2D eigenvalue weighted by Crippen LogP contribution is -2.15. The fourth-order valence-electron chi connectivity index (χ4n) is 2.34. The highest BCUT2D eigenvalue weighted by molar-refractivity contribution is 7.20. The number of fused-ring (bicyclic) bond motifs is 1. The Labute approximate surface area is 140 Å². The van der Waals surface area contributed by atoms with Crippen LogP contribution >= 0.6 is 11.3 Å². The maximum Gasteiger partial charge on any atom is 0.279 e. The van der Waals surface area contributed by atoms with E-state index < -0.39 is 0 Å². The summed E-state index contributed by atoms with van der Waals surface area (Å²) in [6.45, 7) is 3.60. The summed E-state index contributed by atoms with van der Waals surface area (Å²) in [6, 6.07) is 11.2. The summed E-state index contributed by atoms with van der Waals surface area (Å²) in [6.07, 6.45) is 0. The van der Waals surface area contributed by atoms with Crippen molar-refractivity contribution in [1.82, 2.24) is 19.9 Å². The highest BCUT2D eigenvalue weighted by atomic mass is 32.1. The van der Waals surface area contributed by atoms with Gasteiger partial charge in [-0.25, -0.2) is 4.98 Å². The maximum atomic E-state index is 12.3. The minimum absolute atomic E-state index is 0.224. The SMILES string of the molecule is Cc1cc(NC(=O)c2cc(C)on2)n(-c2nc3ccccc3s2)n1. The van der Waals surface area contributed by atoms with Gasteiger partial charge < -0.3 is 9.84 Å². The number of nitrogens with zero attached hydrogens (tertiary/aromatic N) is 4. The van der Waals surface area contributed by atoms with Crippen molar-refractivity contribution in [2.75, 3.05) is 5.32 Å². The summed E-state index contributed by atoms with van der Waals surface area (Å²) in [5.41, 5.74) is 1.90. The van der Waals surface area contributed by atoms with Gasteiger partial charge in [-0.3, -0.25) is 4.79 Å². The highest BCUT2D eigenvalue weighted by Gasteiger charge is 2.17. The smallest absolute Gasteiger partial charge is 0.279 e. The molecule has 0 saturated heterocycles. The van der Waals surface area contributed by atoms with Gasteiger partial charge >= 0.3 is 0 Å². The first-order valence-electron chi connectivity index (χ1n) is 7.27. The normalized spacial score (nSPS) is 11.1. The molecule has 7 nitrogen and oxygen atoms in total. The summed E-state index contributed by atoms with van der Waals surface area (Å²) in [7, 11) is 0. The highest BCUT2D eigenvalue weighted by Crippen LogP contribution is 2.27. The van der Waals surface area contributed by atoms with Gasteiger partial charge in [-0.05, 0) is 26.0 Å². The number of aromatic nitrogens is 4. The number of amides is 1. The molecule has 1 aromatic carbocycles. The van der Waals surface area contributed by atoms with Gasteiger partial charge in [0.25, 0.3) is 5.91 Å². The van der Waals surface area contributed by atoms with Crippen LogP contribution in [0.25, 0.3) is 15.3 Å². The van der Waals surface area contributed by atoms with Crippen LogP contribution in [0, 0.1) is 13.8 Å². The number of carbonyl (C=O) groups is 1. The summed E-state index contributed by atoms with van der Waals surface area (Å²) in [4.78, 5) is 16.9. The molecule has 120 valence electrons. The van der Waals surface area contributed by atoms with Crippen molar-refractivity contribution in [3.8, 4) is 5.13 Å². The van der Waals surface area contributed by atoms with Crippen LogP contribution in [0.5, 0.6) is 0 Å². The largest absolute Gasteiger partial charge is 0.361 e. The third kappa shape index (κ3) is 2.56. The number of benzene rings is 1. The Hall–Kier alpha value is -3.00. The van der Waals surface area contributed by atoms with Crippen molar-refractivity contribution in [1.29, 1.82) is 0 Å². The molecule has 0 aliphatic carbocycles. The van der Waals surface area contributed by atoms with Crippen LogP contribution in [0.2, 0.25) is 0 Å². The second kappa shape index (κ2) is 5.57. The average molecular weight is 339 g/mol. The van der Waals surface area contributed by atoms with Crippen molar-refractivity contribution < 1.29 is 9.32 Å². The second-order valence-corrected chi connectivity index (χ2v) is 6.33. The number of thiazole rings is 1. The lowest BCUT2D eigenvalue weighted by molar-refractivity contribution is 0.101. The van der Waals surface area contributed by atoms with Crippen molar-refractivity contribution in [2.45, 2.75) is 13.8 Å². The Bertz CT molecular complexity index is 1010. The van der Waals surface area contributed by atoms with E-state index in [1.54, 1.807) is 23.7 Å². The van der Waals surface area contributed by atoms with Gasteiger partial charge in [0.2, 0.25) is 5.13 Å². The van der Waals surface area contributed by atoms with Gasteiger partial charge in [-0.15, -0.1) is 0 Å². The minimum Gasteiger partial charge on any atom is -0.361 e. The quantitative estimate of drug-likeness (QED) is 0.619. The maximum absolute atomic E-state index is 12.3. The molecule has 0 fully saturated rings. The third-order valence-electron chi connectivity index (χ3n) is 3.40. The number of carbonyl (C=O) groups excluding carboxylic acids is 1. The van der Waals surface area contributed by atoms with Crippen LogP contribution in [0.3, 0.4) is 0 Å². The van der Waals surface area contributed by atoms with E-state index in [1.165, 1.54) is 11.3 Å². The second-order valence-electron chi connectivity index (χ2n) is 5.32. The Kier molecular flexibility index (Phi) is 3.39. The predicted molar refractivity (Wildman–Crippen MR) is 90.7 cm³/mol. The van der Waals surface area contributed by atoms with Gasteiger partial charge in [0.15, 0.2) is 5.69 Å². The summed E-state index contributed by atoms with van der Waals surface area (Å²) in [5, 5.41) is 11.7. The molecule has 0 aliphatic heterocycles. The number of rotatable bonds is 3. The van der Waals surface area contributed by atoms with Crippen molar-refractivity contribution in [2.24, 2.45) is 0 Å². The number of aryl methyl sites for hydroxylation is 2. The molecule has 0 saturated carbocycles. The lowest BCUT2D eigenvalue weighted by Gasteiger charge is -2.04. The first-order valence-corrected chi connectivity index (χ1v) is 8.09. The van der Waals surface area contributed by atoms with Crippen molar-refractivity contribution in [3.63, 3.8) is 0 Å². The molecule has 3 aromatic heterocycles. The minimum atomic E-state index is -0.353. The molecule has 1 amide bonds. The topological polar surface area (TPSA) is 85.8 Å². The van der Waals surface area contributed by atoms with E-state index >= 15 is 0 Å². The zero-order chi connectivity index (χ0) is 16.7. The van der Waals surface area contributed by atoms with Crippen LogP contribution in [0.4, 0.5) is 5.82 Å². The molecule has 0 unspecified atom stereocenters. The van der Waals surface area contributed by atoms with Crippen LogP contribution in [0.1, 0.15) is 21.9 Å². The first-order chi connectivity index (χ1) is 11.6. The molecule has 0 bridgehead atoms. The molecular formula is C16H13N5O2S. The molecule has 3 heterocycles. The average Bonchev–Trinajstić information content (AvgIpc) is 3.25. The van der Waals surface area contributed by atoms with Gasteiger partial charge in [-0.2, -0.15) is 9.78 Å². The van der Waals surface area contributed by atoms with E-state index in [4.69, 9.17) is 4.52 Å². The van der Waals surface area contributed by atoms with E-state index in [9.17, 15) is 4.79 Å². The van der Waals surface area contributed by atoms with E-state index in [0.29, 0.717) is 16.7 Å².